The van der Waals surface area contributed by atoms with Crippen molar-refractivity contribution >= 4 is 5.71 Å². The summed E-state index contributed by atoms with van der Waals surface area (Å²) in [5, 5.41) is 30.1. The Morgan fingerprint density at radius 2 is 1.77 bits per heavy atom. The number of aryl methyl sites for hydroxylation is 1. The van der Waals surface area contributed by atoms with Gasteiger partial charge in [0.1, 0.15) is 0 Å². The monoisotopic (exact) mass is 179 g/mol. The Morgan fingerprint density at radius 1 is 1.08 bits per heavy atom. The molecule has 4 nitrogen and oxygen atoms in total. The van der Waals surface area contributed by atoms with Crippen molar-refractivity contribution in [2.75, 3.05) is 0 Å². The van der Waals surface area contributed by atoms with E-state index in [-0.39, 0.29) is 11.5 Å². The minimum atomic E-state index is -0.179. The van der Waals surface area contributed by atoms with Crippen LogP contribution in [0.1, 0.15) is 17.5 Å². The van der Waals surface area contributed by atoms with E-state index in [0.717, 1.165) is 17.5 Å². The van der Waals surface area contributed by atoms with E-state index in [1.165, 1.54) is 12.1 Å². The molecule has 1 aliphatic carbocycles. The quantitative estimate of drug-likeness (QED) is 0.318. The van der Waals surface area contributed by atoms with Gasteiger partial charge in [0.2, 0.25) is 0 Å². The number of fused-ring (bicyclic) bond motifs is 1. The normalized spacial score (nSPS) is 17.7. The van der Waals surface area contributed by atoms with Gasteiger partial charge in [0.15, 0.2) is 11.5 Å². The highest BCUT2D eigenvalue weighted by Gasteiger charge is 2.20. The molecule has 0 radical (unpaired) electrons. The van der Waals surface area contributed by atoms with E-state index >= 15 is 0 Å². The summed E-state index contributed by atoms with van der Waals surface area (Å²) in [5.74, 6) is -0.306. The Labute approximate surface area is 74.8 Å². The molecule has 0 saturated heterocycles. The first-order valence-corrected chi connectivity index (χ1v) is 3.98. The van der Waals surface area contributed by atoms with Gasteiger partial charge in [-0.1, -0.05) is 5.16 Å². The first-order chi connectivity index (χ1) is 6.22. The number of nitrogens with zero attached hydrogens (tertiary/aromatic N) is 1. The minimum Gasteiger partial charge on any atom is -0.504 e. The van der Waals surface area contributed by atoms with Crippen molar-refractivity contribution in [1.29, 1.82) is 0 Å². The molecule has 0 fully saturated rings. The number of hydrogen-bond acceptors (Lipinski definition) is 4. The molecule has 2 rings (SSSR count). The van der Waals surface area contributed by atoms with E-state index in [1.807, 2.05) is 0 Å². The van der Waals surface area contributed by atoms with Gasteiger partial charge in [0.25, 0.3) is 0 Å². The van der Waals surface area contributed by atoms with Crippen LogP contribution in [0.3, 0.4) is 0 Å². The molecule has 0 aliphatic heterocycles. The summed E-state index contributed by atoms with van der Waals surface area (Å²) >= 11 is 0. The van der Waals surface area contributed by atoms with E-state index in [1.54, 1.807) is 0 Å². The molecule has 0 spiro atoms. The maximum absolute atomic E-state index is 9.21. The summed E-state index contributed by atoms with van der Waals surface area (Å²) in [6, 6.07) is 2.93. The Bertz CT molecular complexity index is 385. The Kier molecular flexibility index (Phi) is 1.62. The Morgan fingerprint density at radius 3 is 2.46 bits per heavy atom. The van der Waals surface area contributed by atoms with E-state index in [9.17, 15) is 10.2 Å². The lowest BCUT2D eigenvalue weighted by Crippen LogP contribution is -1.93. The second kappa shape index (κ2) is 2.65. The second-order valence-corrected chi connectivity index (χ2v) is 3.04. The van der Waals surface area contributed by atoms with Gasteiger partial charge in [-0.2, -0.15) is 0 Å². The van der Waals surface area contributed by atoms with Crippen LogP contribution < -0.4 is 0 Å². The number of phenols is 2. The molecule has 0 bridgehead atoms. The lowest BCUT2D eigenvalue weighted by molar-refractivity contribution is 0.318. The molecule has 0 heterocycles. The molecule has 1 aliphatic rings. The number of phenolic OH excluding ortho intramolecular Hbond substituents is 2. The summed E-state index contributed by atoms with van der Waals surface area (Å²) in [7, 11) is 0. The third kappa shape index (κ3) is 1.11. The van der Waals surface area contributed by atoms with Crippen LogP contribution in [-0.2, 0) is 6.42 Å². The summed E-state index contributed by atoms with van der Waals surface area (Å²) in [4.78, 5) is 0. The van der Waals surface area contributed by atoms with Crippen molar-refractivity contribution in [3.63, 3.8) is 0 Å². The number of aromatic hydroxyl groups is 2. The summed E-state index contributed by atoms with van der Waals surface area (Å²) in [5.41, 5.74) is 2.19. The van der Waals surface area contributed by atoms with Crippen LogP contribution in [0.5, 0.6) is 11.5 Å². The van der Waals surface area contributed by atoms with Gasteiger partial charge < -0.3 is 15.4 Å². The van der Waals surface area contributed by atoms with Crippen molar-refractivity contribution in [3.8, 4) is 11.5 Å². The molecule has 1 aromatic carbocycles. The molecule has 1 aromatic rings. The average Bonchev–Trinajstić information content (AvgIpc) is 2.48. The summed E-state index contributed by atoms with van der Waals surface area (Å²) < 4.78 is 0. The zero-order valence-corrected chi connectivity index (χ0v) is 6.86. The molecular formula is C9H9NO3. The lowest BCUT2D eigenvalue weighted by Gasteiger charge is -2.01. The zero-order chi connectivity index (χ0) is 9.42. The number of oxime groups is 1. The number of rotatable bonds is 0. The van der Waals surface area contributed by atoms with Crippen LogP contribution >= 0.6 is 0 Å². The molecule has 0 saturated carbocycles. The van der Waals surface area contributed by atoms with E-state index < -0.39 is 0 Å². The number of hydrogen-bond donors (Lipinski definition) is 3. The van der Waals surface area contributed by atoms with E-state index in [4.69, 9.17) is 5.21 Å². The third-order valence-corrected chi connectivity index (χ3v) is 2.26. The van der Waals surface area contributed by atoms with Crippen molar-refractivity contribution < 1.29 is 15.4 Å². The fraction of sp³-hybridized carbons (Fsp3) is 0.222. The minimum absolute atomic E-state index is 0.127. The fourth-order valence-corrected chi connectivity index (χ4v) is 1.59. The van der Waals surface area contributed by atoms with Crippen molar-refractivity contribution in [3.05, 3.63) is 23.3 Å². The van der Waals surface area contributed by atoms with Crippen LogP contribution in [0.4, 0.5) is 0 Å². The SMILES string of the molecule is O/N=C1\CCc2cc(O)c(O)cc21. The fourth-order valence-electron chi connectivity index (χ4n) is 1.59. The topological polar surface area (TPSA) is 73.1 Å². The molecule has 0 amide bonds. The maximum Gasteiger partial charge on any atom is 0.158 e. The standard InChI is InChI=1S/C9H9NO3/c11-8-3-5-1-2-7(10-13)6(5)4-9(8)12/h3-4,11-13H,1-2H2/b10-7+. The van der Waals surface area contributed by atoms with Crippen molar-refractivity contribution in [2.45, 2.75) is 12.8 Å². The van der Waals surface area contributed by atoms with E-state index in [0.29, 0.717) is 12.1 Å². The van der Waals surface area contributed by atoms with Gasteiger partial charge in [-0.05, 0) is 30.5 Å². The second-order valence-electron chi connectivity index (χ2n) is 3.04. The third-order valence-electron chi connectivity index (χ3n) is 2.26. The van der Waals surface area contributed by atoms with Gasteiger partial charge in [-0.25, -0.2) is 0 Å². The molecule has 0 atom stereocenters. The predicted octanol–water partition coefficient (Wildman–Crippen LogP) is 1.22. The van der Waals surface area contributed by atoms with Crippen LogP contribution in [-0.4, -0.2) is 21.1 Å². The molecule has 68 valence electrons. The summed E-state index contributed by atoms with van der Waals surface area (Å²) in [6.45, 7) is 0. The predicted molar refractivity (Wildman–Crippen MR) is 46.4 cm³/mol. The smallest absolute Gasteiger partial charge is 0.158 e. The molecule has 4 heteroatoms. The molecular weight excluding hydrogens is 170 g/mol. The first-order valence-electron chi connectivity index (χ1n) is 3.98. The highest BCUT2D eigenvalue weighted by molar-refractivity contribution is 6.04. The van der Waals surface area contributed by atoms with Gasteiger partial charge >= 0.3 is 0 Å². The van der Waals surface area contributed by atoms with Gasteiger partial charge in [0, 0.05) is 5.56 Å². The highest BCUT2D eigenvalue weighted by Crippen LogP contribution is 2.33. The number of benzene rings is 1. The van der Waals surface area contributed by atoms with Crippen molar-refractivity contribution in [2.24, 2.45) is 5.16 Å². The van der Waals surface area contributed by atoms with E-state index in [2.05, 4.69) is 5.16 Å². The average molecular weight is 179 g/mol. The molecule has 0 unspecified atom stereocenters. The molecule has 13 heavy (non-hydrogen) atoms. The first kappa shape index (κ1) is 7.91. The van der Waals surface area contributed by atoms with Crippen LogP contribution in [0, 0.1) is 0 Å². The maximum atomic E-state index is 9.21. The lowest BCUT2D eigenvalue weighted by atomic mass is 10.1. The van der Waals surface area contributed by atoms with Crippen LogP contribution in [0.2, 0.25) is 0 Å². The van der Waals surface area contributed by atoms with Crippen LogP contribution in [0.25, 0.3) is 0 Å². The molecule has 0 aromatic heterocycles. The largest absolute Gasteiger partial charge is 0.504 e. The molecule has 3 N–H and O–H groups in total. The van der Waals surface area contributed by atoms with Crippen molar-refractivity contribution in [1.82, 2.24) is 0 Å². The van der Waals surface area contributed by atoms with Gasteiger partial charge in [-0.15, -0.1) is 0 Å². The highest BCUT2D eigenvalue weighted by atomic mass is 16.4. The summed E-state index contributed by atoms with van der Waals surface area (Å²) in [6.07, 6.45) is 1.39. The Balaban J connectivity index is 2.60. The Hall–Kier alpha value is -1.71. The van der Waals surface area contributed by atoms with Gasteiger partial charge in [0.05, 0.1) is 5.71 Å². The van der Waals surface area contributed by atoms with Gasteiger partial charge in [-0.3, -0.25) is 0 Å². The van der Waals surface area contributed by atoms with Crippen LogP contribution in [0.15, 0.2) is 17.3 Å². The zero-order valence-electron chi connectivity index (χ0n) is 6.86.